The van der Waals surface area contributed by atoms with Crippen LogP contribution in [-0.2, 0) is 4.79 Å². The number of carbonyl (C=O) groups is 1. The molecular weight excluding hydrogens is 281 g/mol. The number of hydrogen-bond donors (Lipinski definition) is 1. The number of rotatable bonds is 5. The Hall–Kier alpha value is -1.56. The monoisotopic (exact) mass is 300 g/mol. The van der Waals surface area contributed by atoms with E-state index in [0.29, 0.717) is 13.0 Å². The topological polar surface area (TPSA) is 32.3 Å². The summed E-state index contributed by atoms with van der Waals surface area (Å²) in [6, 6.07) is 7.80. The Morgan fingerprint density at radius 3 is 2.52 bits per heavy atom. The fourth-order valence-corrected chi connectivity index (χ4v) is 2.45. The van der Waals surface area contributed by atoms with Crippen LogP contribution in [0.2, 0.25) is 0 Å². The van der Waals surface area contributed by atoms with Crippen molar-refractivity contribution in [3.05, 3.63) is 35.4 Å². The van der Waals surface area contributed by atoms with E-state index in [1.54, 1.807) is 4.90 Å². The molecule has 2 rings (SSSR count). The summed E-state index contributed by atoms with van der Waals surface area (Å²) in [5, 5.41) is 3.10. The van der Waals surface area contributed by atoms with E-state index in [2.05, 4.69) is 5.32 Å². The lowest BCUT2D eigenvalue weighted by atomic mass is 10.1. The van der Waals surface area contributed by atoms with Gasteiger partial charge in [-0.3, -0.25) is 10.1 Å². The van der Waals surface area contributed by atoms with Gasteiger partial charge in [0, 0.05) is 13.0 Å². The van der Waals surface area contributed by atoms with Crippen LogP contribution in [0.1, 0.15) is 36.6 Å². The van der Waals surface area contributed by atoms with Crippen LogP contribution in [0.4, 0.5) is 13.2 Å². The molecule has 0 aromatic heterocycles. The standard InChI is InChI=1S/C15H19F3N2O/c1-11-4-6-12(7-5-11)14-19-10-13(21)20(14)9-3-2-8-15(16,17)18/h4-7,14,19H,2-3,8-10H2,1H3. The van der Waals surface area contributed by atoms with Gasteiger partial charge in [-0.2, -0.15) is 13.2 Å². The fraction of sp³-hybridized carbons (Fsp3) is 0.533. The zero-order chi connectivity index (χ0) is 15.5. The Balaban J connectivity index is 1.93. The molecule has 1 N–H and O–H groups in total. The highest BCUT2D eigenvalue weighted by molar-refractivity contribution is 5.80. The molecular formula is C15H19F3N2O. The van der Waals surface area contributed by atoms with Gasteiger partial charge in [-0.15, -0.1) is 0 Å². The highest BCUT2D eigenvalue weighted by Gasteiger charge is 2.31. The summed E-state index contributed by atoms with van der Waals surface area (Å²) >= 11 is 0. The largest absolute Gasteiger partial charge is 0.389 e. The summed E-state index contributed by atoms with van der Waals surface area (Å²) < 4.78 is 36.4. The third-order valence-corrected chi connectivity index (χ3v) is 3.58. The number of aryl methyl sites for hydroxylation is 1. The first-order chi connectivity index (χ1) is 9.87. The molecule has 6 heteroatoms. The maximum absolute atomic E-state index is 12.1. The average Bonchev–Trinajstić information content (AvgIpc) is 2.76. The summed E-state index contributed by atoms with van der Waals surface area (Å²) in [5.41, 5.74) is 2.09. The molecule has 1 aromatic carbocycles. The van der Waals surface area contributed by atoms with Gasteiger partial charge in [-0.1, -0.05) is 29.8 Å². The molecule has 1 fully saturated rings. The first-order valence-corrected chi connectivity index (χ1v) is 7.03. The number of unbranched alkanes of at least 4 members (excludes halogenated alkanes) is 1. The molecule has 1 aliphatic rings. The number of alkyl halides is 3. The summed E-state index contributed by atoms with van der Waals surface area (Å²) in [6.07, 6.45) is -4.74. The SMILES string of the molecule is Cc1ccc(C2NCC(=O)N2CCCCC(F)(F)F)cc1. The van der Waals surface area contributed by atoms with Gasteiger partial charge in [0.15, 0.2) is 0 Å². The van der Waals surface area contributed by atoms with Gasteiger partial charge in [0.05, 0.1) is 6.54 Å². The van der Waals surface area contributed by atoms with E-state index in [9.17, 15) is 18.0 Å². The van der Waals surface area contributed by atoms with E-state index < -0.39 is 12.6 Å². The molecule has 1 saturated heterocycles. The summed E-state index contributed by atoms with van der Waals surface area (Å²) in [4.78, 5) is 13.5. The lowest BCUT2D eigenvalue weighted by Gasteiger charge is -2.25. The predicted molar refractivity (Wildman–Crippen MR) is 73.5 cm³/mol. The first-order valence-electron chi connectivity index (χ1n) is 7.03. The van der Waals surface area contributed by atoms with E-state index in [1.165, 1.54) is 0 Å². The van der Waals surface area contributed by atoms with Crippen molar-refractivity contribution in [1.29, 1.82) is 0 Å². The van der Waals surface area contributed by atoms with Gasteiger partial charge >= 0.3 is 6.18 Å². The van der Waals surface area contributed by atoms with Crippen molar-refractivity contribution in [3.8, 4) is 0 Å². The van der Waals surface area contributed by atoms with Crippen molar-refractivity contribution >= 4 is 5.91 Å². The van der Waals surface area contributed by atoms with Crippen LogP contribution in [0.3, 0.4) is 0 Å². The highest BCUT2D eigenvalue weighted by Crippen LogP contribution is 2.25. The van der Waals surface area contributed by atoms with Crippen LogP contribution < -0.4 is 5.32 Å². The van der Waals surface area contributed by atoms with Gasteiger partial charge in [0.25, 0.3) is 0 Å². The number of nitrogens with zero attached hydrogens (tertiary/aromatic N) is 1. The smallest absolute Gasteiger partial charge is 0.322 e. The van der Waals surface area contributed by atoms with Crippen LogP contribution in [-0.4, -0.2) is 30.1 Å². The van der Waals surface area contributed by atoms with Crippen molar-refractivity contribution in [2.45, 2.75) is 38.5 Å². The van der Waals surface area contributed by atoms with Gasteiger partial charge in [-0.05, 0) is 25.3 Å². The zero-order valence-electron chi connectivity index (χ0n) is 11.9. The fourth-order valence-electron chi connectivity index (χ4n) is 2.45. The van der Waals surface area contributed by atoms with Crippen LogP contribution in [0.15, 0.2) is 24.3 Å². The van der Waals surface area contributed by atoms with E-state index in [1.807, 2.05) is 31.2 Å². The lowest BCUT2D eigenvalue weighted by Crippen LogP contribution is -2.31. The Kier molecular flexibility index (Phi) is 4.88. The molecule has 116 valence electrons. The number of nitrogens with one attached hydrogen (secondary N) is 1. The molecule has 1 atom stereocenters. The number of hydrogen-bond acceptors (Lipinski definition) is 2. The van der Waals surface area contributed by atoms with Gasteiger partial charge in [-0.25, -0.2) is 0 Å². The molecule has 1 aromatic rings. The molecule has 3 nitrogen and oxygen atoms in total. The highest BCUT2D eigenvalue weighted by atomic mass is 19.4. The summed E-state index contributed by atoms with van der Waals surface area (Å²) in [6.45, 7) is 2.56. The van der Waals surface area contributed by atoms with E-state index in [-0.39, 0.29) is 25.0 Å². The molecule has 0 bridgehead atoms. The minimum Gasteiger partial charge on any atom is -0.322 e. The second-order valence-electron chi connectivity index (χ2n) is 5.35. The van der Waals surface area contributed by atoms with Crippen molar-refractivity contribution in [2.75, 3.05) is 13.1 Å². The third-order valence-electron chi connectivity index (χ3n) is 3.58. The van der Waals surface area contributed by atoms with Crippen molar-refractivity contribution in [2.24, 2.45) is 0 Å². The minimum atomic E-state index is -4.12. The number of amides is 1. The summed E-state index contributed by atoms with van der Waals surface area (Å²) in [5.74, 6) is -0.0624. The van der Waals surface area contributed by atoms with Crippen LogP contribution in [0, 0.1) is 6.92 Å². The molecule has 1 aliphatic heterocycles. The van der Waals surface area contributed by atoms with Gasteiger partial charge in [0.2, 0.25) is 5.91 Å². The molecule has 21 heavy (non-hydrogen) atoms. The summed E-state index contributed by atoms with van der Waals surface area (Å²) in [7, 11) is 0. The normalized spacial score (nSPS) is 19.3. The van der Waals surface area contributed by atoms with E-state index in [0.717, 1.165) is 11.1 Å². The molecule has 0 radical (unpaired) electrons. The Labute approximate surface area is 122 Å². The zero-order valence-corrected chi connectivity index (χ0v) is 11.9. The Morgan fingerprint density at radius 1 is 1.24 bits per heavy atom. The number of benzene rings is 1. The average molecular weight is 300 g/mol. The molecule has 0 saturated carbocycles. The second-order valence-corrected chi connectivity index (χ2v) is 5.35. The molecule has 1 amide bonds. The Morgan fingerprint density at radius 2 is 1.90 bits per heavy atom. The van der Waals surface area contributed by atoms with Crippen LogP contribution in [0.25, 0.3) is 0 Å². The van der Waals surface area contributed by atoms with Crippen LogP contribution in [0.5, 0.6) is 0 Å². The third kappa shape index (κ3) is 4.46. The minimum absolute atomic E-state index is 0.0495. The first kappa shape index (κ1) is 15.8. The maximum Gasteiger partial charge on any atom is 0.389 e. The van der Waals surface area contributed by atoms with Crippen molar-refractivity contribution in [1.82, 2.24) is 10.2 Å². The Bertz CT molecular complexity index is 485. The maximum atomic E-state index is 12.1. The predicted octanol–water partition coefficient (Wildman–Crippen LogP) is 3.16. The van der Waals surface area contributed by atoms with E-state index in [4.69, 9.17) is 0 Å². The molecule has 1 heterocycles. The van der Waals surface area contributed by atoms with Crippen molar-refractivity contribution in [3.63, 3.8) is 0 Å². The second kappa shape index (κ2) is 6.47. The van der Waals surface area contributed by atoms with Gasteiger partial charge < -0.3 is 4.90 Å². The molecule has 1 unspecified atom stereocenters. The molecule has 0 spiro atoms. The number of carbonyl (C=O) groups excluding carboxylic acids is 1. The van der Waals surface area contributed by atoms with E-state index >= 15 is 0 Å². The number of halogens is 3. The van der Waals surface area contributed by atoms with Gasteiger partial charge in [0.1, 0.15) is 6.17 Å². The lowest BCUT2D eigenvalue weighted by molar-refractivity contribution is -0.136. The van der Waals surface area contributed by atoms with Crippen molar-refractivity contribution < 1.29 is 18.0 Å². The van der Waals surface area contributed by atoms with Crippen LogP contribution >= 0.6 is 0 Å². The quantitative estimate of drug-likeness (QED) is 0.847. The molecule has 0 aliphatic carbocycles.